The van der Waals surface area contributed by atoms with Crippen LogP contribution in [0.1, 0.15) is 21.5 Å². The summed E-state index contributed by atoms with van der Waals surface area (Å²) in [6.45, 7) is -0.708. The van der Waals surface area contributed by atoms with Crippen molar-refractivity contribution in [1.82, 2.24) is 0 Å². The Hall–Kier alpha value is -3.30. The van der Waals surface area contributed by atoms with Gasteiger partial charge in [-0.2, -0.15) is 13.2 Å². The van der Waals surface area contributed by atoms with Crippen molar-refractivity contribution < 1.29 is 37.1 Å². The minimum absolute atomic E-state index is 0.0168. The van der Waals surface area contributed by atoms with Crippen molar-refractivity contribution in [2.45, 2.75) is 12.8 Å². The van der Waals surface area contributed by atoms with Gasteiger partial charge in [-0.15, -0.1) is 0 Å². The van der Waals surface area contributed by atoms with Crippen LogP contribution in [0.5, 0.6) is 11.5 Å². The molecule has 2 aromatic rings. The van der Waals surface area contributed by atoms with Gasteiger partial charge in [-0.1, -0.05) is 18.2 Å². The standard InChI is InChI=1S/C17H14F3NO6/c1-25-14-7-11(13(21(23)24)8-15(14)26-2)16(22)27-9-10-5-3-4-6-12(10)17(18,19)20/h3-8H,9H2,1-2H3. The molecule has 0 radical (unpaired) electrons. The van der Waals surface area contributed by atoms with E-state index in [0.29, 0.717) is 0 Å². The molecule has 0 amide bonds. The Balaban J connectivity index is 2.33. The Morgan fingerprint density at radius 2 is 1.70 bits per heavy atom. The van der Waals surface area contributed by atoms with Crippen molar-refractivity contribution in [2.75, 3.05) is 14.2 Å². The summed E-state index contributed by atoms with van der Waals surface area (Å²) in [6.07, 6.45) is -4.63. The highest BCUT2D eigenvalue weighted by Gasteiger charge is 2.33. The van der Waals surface area contributed by atoms with Crippen LogP contribution in [0.2, 0.25) is 0 Å². The first-order valence-corrected chi connectivity index (χ1v) is 7.41. The summed E-state index contributed by atoms with van der Waals surface area (Å²) >= 11 is 0. The summed E-state index contributed by atoms with van der Waals surface area (Å²) in [5, 5.41) is 11.2. The molecule has 10 heteroatoms. The normalized spacial score (nSPS) is 11.0. The van der Waals surface area contributed by atoms with Crippen molar-refractivity contribution in [3.05, 3.63) is 63.2 Å². The molecule has 0 fully saturated rings. The van der Waals surface area contributed by atoms with Crippen LogP contribution in [0.4, 0.5) is 18.9 Å². The molecule has 0 aliphatic heterocycles. The number of carbonyl (C=O) groups excluding carboxylic acids is 1. The number of carbonyl (C=O) groups is 1. The lowest BCUT2D eigenvalue weighted by Crippen LogP contribution is -2.13. The Morgan fingerprint density at radius 3 is 2.26 bits per heavy atom. The van der Waals surface area contributed by atoms with Crippen molar-refractivity contribution in [1.29, 1.82) is 0 Å². The number of benzene rings is 2. The summed E-state index contributed by atoms with van der Waals surface area (Å²) in [7, 11) is 2.52. The Bertz CT molecular complexity index is 866. The highest BCUT2D eigenvalue weighted by molar-refractivity contribution is 5.95. The summed E-state index contributed by atoms with van der Waals surface area (Å²) in [5.74, 6) is -1.12. The zero-order chi connectivity index (χ0) is 20.2. The van der Waals surface area contributed by atoms with Crippen molar-refractivity contribution in [3.8, 4) is 11.5 Å². The molecule has 0 spiro atoms. The van der Waals surface area contributed by atoms with E-state index < -0.39 is 40.5 Å². The second kappa shape index (κ2) is 7.94. The molecule has 2 aromatic carbocycles. The lowest BCUT2D eigenvalue weighted by atomic mass is 10.1. The molecular weight excluding hydrogens is 371 g/mol. The first-order valence-electron chi connectivity index (χ1n) is 7.41. The summed E-state index contributed by atoms with van der Waals surface area (Å²) in [4.78, 5) is 22.6. The fourth-order valence-electron chi connectivity index (χ4n) is 2.33. The van der Waals surface area contributed by atoms with Gasteiger partial charge >= 0.3 is 12.1 Å². The van der Waals surface area contributed by atoms with Crippen LogP contribution in [-0.4, -0.2) is 25.1 Å². The number of rotatable bonds is 6. The quantitative estimate of drug-likeness (QED) is 0.425. The molecule has 2 rings (SSSR count). The van der Waals surface area contributed by atoms with Gasteiger partial charge in [0.2, 0.25) is 0 Å². The molecule has 0 saturated heterocycles. The van der Waals surface area contributed by atoms with Gasteiger partial charge in [0.1, 0.15) is 12.2 Å². The molecule has 0 N–H and O–H groups in total. The molecule has 7 nitrogen and oxygen atoms in total. The van der Waals surface area contributed by atoms with Gasteiger partial charge in [0.05, 0.1) is 30.8 Å². The number of hydrogen-bond donors (Lipinski definition) is 0. The van der Waals surface area contributed by atoms with Gasteiger partial charge < -0.3 is 14.2 Å². The van der Waals surface area contributed by atoms with E-state index in [9.17, 15) is 28.1 Å². The topological polar surface area (TPSA) is 87.9 Å². The molecule has 0 aliphatic carbocycles. The molecule has 0 unspecified atom stereocenters. The minimum atomic E-state index is -4.63. The number of nitrogens with zero attached hydrogens (tertiary/aromatic N) is 1. The monoisotopic (exact) mass is 385 g/mol. The Labute approximate surface area is 151 Å². The zero-order valence-electron chi connectivity index (χ0n) is 14.2. The largest absolute Gasteiger partial charge is 0.493 e. The van der Waals surface area contributed by atoms with E-state index >= 15 is 0 Å². The van der Waals surface area contributed by atoms with E-state index in [-0.39, 0.29) is 17.1 Å². The van der Waals surface area contributed by atoms with E-state index in [1.165, 1.54) is 26.4 Å². The number of methoxy groups -OCH3 is 2. The number of esters is 1. The molecule has 0 saturated carbocycles. The highest BCUT2D eigenvalue weighted by Crippen LogP contribution is 2.35. The van der Waals surface area contributed by atoms with E-state index in [1.807, 2.05) is 0 Å². The second-order valence-corrected chi connectivity index (χ2v) is 5.21. The number of ether oxygens (including phenoxy) is 3. The van der Waals surface area contributed by atoms with Crippen LogP contribution in [0.25, 0.3) is 0 Å². The fraction of sp³-hybridized carbons (Fsp3) is 0.235. The lowest BCUT2D eigenvalue weighted by Gasteiger charge is -2.13. The number of nitro groups is 1. The molecule has 0 atom stereocenters. The molecule has 0 heterocycles. The summed E-state index contributed by atoms with van der Waals surface area (Å²) in [6, 6.07) is 6.57. The molecule has 144 valence electrons. The maximum absolute atomic E-state index is 13.0. The molecule has 0 bridgehead atoms. The second-order valence-electron chi connectivity index (χ2n) is 5.21. The third-order valence-corrected chi connectivity index (χ3v) is 3.60. The molecule has 27 heavy (non-hydrogen) atoms. The van der Waals surface area contributed by atoms with Crippen LogP contribution in [0.3, 0.4) is 0 Å². The predicted octanol–water partition coefficient (Wildman–Crippen LogP) is 3.99. The SMILES string of the molecule is COc1cc(C(=O)OCc2ccccc2C(F)(F)F)c([N+](=O)[O-])cc1OC. The van der Waals surface area contributed by atoms with Gasteiger partial charge in [-0.25, -0.2) is 4.79 Å². The predicted molar refractivity (Wildman–Crippen MR) is 86.8 cm³/mol. The summed E-state index contributed by atoms with van der Waals surface area (Å²) < 4.78 is 53.8. The average Bonchev–Trinajstić information content (AvgIpc) is 2.64. The number of halogens is 3. The van der Waals surface area contributed by atoms with Gasteiger partial charge in [-0.3, -0.25) is 10.1 Å². The maximum atomic E-state index is 13.0. The van der Waals surface area contributed by atoms with Crippen molar-refractivity contribution >= 4 is 11.7 Å². The number of nitro benzene ring substituents is 1. The third kappa shape index (κ3) is 4.46. The van der Waals surface area contributed by atoms with E-state index in [4.69, 9.17) is 14.2 Å². The highest BCUT2D eigenvalue weighted by atomic mass is 19.4. The van der Waals surface area contributed by atoms with Crippen molar-refractivity contribution in [2.24, 2.45) is 0 Å². The van der Waals surface area contributed by atoms with Crippen molar-refractivity contribution in [3.63, 3.8) is 0 Å². The first kappa shape index (κ1) is 20.0. The average molecular weight is 385 g/mol. The van der Waals surface area contributed by atoms with Crippen LogP contribution in [-0.2, 0) is 17.5 Å². The molecule has 0 aliphatic rings. The van der Waals surface area contributed by atoms with Crippen LogP contribution in [0, 0.1) is 10.1 Å². The van der Waals surface area contributed by atoms with E-state index in [2.05, 4.69) is 0 Å². The Kier molecular flexibility index (Phi) is 5.88. The maximum Gasteiger partial charge on any atom is 0.416 e. The number of alkyl halides is 3. The smallest absolute Gasteiger partial charge is 0.416 e. The van der Waals surface area contributed by atoms with Gasteiger partial charge in [0, 0.05) is 11.6 Å². The zero-order valence-corrected chi connectivity index (χ0v) is 14.2. The van der Waals surface area contributed by atoms with Gasteiger partial charge in [-0.05, 0) is 6.07 Å². The van der Waals surface area contributed by atoms with E-state index in [0.717, 1.165) is 24.3 Å². The first-order chi connectivity index (χ1) is 12.7. The lowest BCUT2D eigenvalue weighted by molar-refractivity contribution is -0.385. The molecule has 0 aromatic heterocycles. The van der Waals surface area contributed by atoms with Gasteiger partial charge in [0.25, 0.3) is 5.69 Å². The van der Waals surface area contributed by atoms with Gasteiger partial charge in [0.15, 0.2) is 11.5 Å². The van der Waals surface area contributed by atoms with Crippen LogP contribution in [0.15, 0.2) is 36.4 Å². The van der Waals surface area contributed by atoms with E-state index in [1.54, 1.807) is 0 Å². The fourth-order valence-corrected chi connectivity index (χ4v) is 2.33. The molecular formula is C17H14F3NO6. The third-order valence-electron chi connectivity index (χ3n) is 3.60. The van der Waals surface area contributed by atoms with Crippen LogP contribution >= 0.6 is 0 Å². The summed E-state index contributed by atoms with van der Waals surface area (Å²) in [5.41, 5.74) is -2.33. The minimum Gasteiger partial charge on any atom is -0.493 e. The Morgan fingerprint density at radius 1 is 1.11 bits per heavy atom. The van der Waals surface area contributed by atoms with Crippen LogP contribution < -0.4 is 9.47 Å². The number of hydrogen-bond acceptors (Lipinski definition) is 6.